The molecule has 0 radical (unpaired) electrons. The third kappa shape index (κ3) is 6.60. The molecule has 0 unspecified atom stereocenters. The van der Waals surface area contributed by atoms with Crippen LogP contribution >= 0.6 is 0 Å². The number of aromatic nitrogens is 2. The second-order valence-electron chi connectivity index (χ2n) is 8.33. The van der Waals surface area contributed by atoms with Crippen molar-refractivity contribution in [1.82, 2.24) is 14.9 Å². The maximum atomic E-state index is 12.1. The molecule has 0 saturated carbocycles. The first-order chi connectivity index (χ1) is 19.7. The lowest BCUT2D eigenvalue weighted by molar-refractivity contribution is -0.387. The van der Waals surface area contributed by atoms with Crippen LogP contribution in [0, 0.1) is 31.6 Å². The Labute approximate surface area is 232 Å². The molecule has 1 aliphatic rings. The molecular weight excluding hydrogens is 540 g/mol. The molecule has 0 aliphatic carbocycles. The molecule has 0 bridgehead atoms. The van der Waals surface area contributed by atoms with Gasteiger partial charge in [0.25, 0.3) is 0 Å². The Hall–Kier alpha value is -5.85. The SMILES string of the molecule is CCOC(=O)CNc1nc(Oc2cccc(C3=NCCN3C)c2)nc(Oc2cc(C#N)ccc2[N+](=O)[O-])c1[N+](=O)[O-]. The number of nitrogens with one attached hydrogen (secondary N) is 1. The second-order valence-corrected chi connectivity index (χ2v) is 8.33. The Kier molecular flexibility index (Phi) is 8.48. The number of anilines is 1. The molecule has 0 fully saturated rings. The molecule has 1 N–H and O–H groups in total. The van der Waals surface area contributed by atoms with Gasteiger partial charge in [0.05, 0.1) is 34.6 Å². The number of benzene rings is 2. The second kappa shape index (κ2) is 12.3. The number of nitro benzene ring substituents is 1. The summed E-state index contributed by atoms with van der Waals surface area (Å²) >= 11 is 0. The molecule has 41 heavy (non-hydrogen) atoms. The molecule has 0 atom stereocenters. The zero-order valence-electron chi connectivity index (χ0n) is 21.8. The van der Waals surface area contributed by atoms with Crippen molar-refractivity contribution >= 4 is 29.0 Å². The van der Waals surface area contributed by atoms with E-state index in [1.165, 1.54) is 6.07 Å². The maximum absolute atomic E-state index is 12.1. The molecule has 0 spiro atoms. The third-order valence-corrected chi connectivity index (χ3v) is 5.57. The van der Waals surface area contributed by atoms with Crippen molar-refractivity contribution in [3.8, 4) is 29.5 Å². The number of carbonyl (C=O) groups excluding carboxylic acids is 1. The Morgan fingerprint density at radius 2 is 1.95 bits per heavy atom. The summed E-state index contributed by atoms with van der Waals surface area (Å²) in [4.78, 5) is 48.4. The van der Waals surface area contributed by atoms with E-state index in [2.05, 4.69) is 20.3 Å². The first-order valence-electron chi connectivity index (χ1n) is 12.1. The quantitative estimate of drug-likeness (QED) is 0.202. The molecule has 2 aromatic carbocycles. The van der Waals surface area contributed by atoms with Crippen molar-refractivity contribution < 1.29 is 28.9 Å². The number of carbonyl (C=O) groups is 1. The number of esters is 1. The van der Waals surface area contributed by atoms with E-state index >= 15 is 0 Å². The van der Waals surface area contributed by atoms with Crippen molar-refractivity contribution in [3.63, 3.8) is 0 Å². The minimum absolute atomic E-state index is 0.00366. The van der Waals surface area contributed by atoms with Crippen molar-refractivity contribution in [2.24, 2.45) is 4.99 Å². The van der Waals surface area contributed by atoms with Crippen LogP contribution in [0.25, 0.3) is 0 Å². The summed E-state index contributed by atoms with van der Waals surface area (Å²) < 4.78 is 16.2. The summed E-state index contributed by atoms with van der Waals surface area (Å²) in [6.45, 7) is 2.55. The maximum Gasteiger partial charge on any atom is 0.373 e. The van der Waals surface area contributed by atoms with Crippen molar-refractivity contribution in [1.29, 1.82) is 5.26 Å². The van der Waals surface area contributed by atoms with Gasteiger partial charge in [-0.25, -0.2) is 0 Å². The minimum Gasteiger partial charge on any atom is -0.465 e. The Morgan fingerprint density at radius 1 is 1.15 bits per heavy atom. The van der Waals surface area contributed by atoms with Gasteiger partial charge < -0.3 is 24.4 Å². The Bertz CT molecular complexity index is 1590. The molecule has 4 rings (SSSR count). The molecule has 16 heteroatoms. The zero-order valence-corrected chi connectivity index (χ0v) is 21.8. The summed E-state index contributed by atoms with van der Waals surface area (Å²) in [5.74, 6) is -1.43. The highest BCUT2D eigenvalue weighted by Crippen LogP contribution is 2.40. The van der Waals surface area contributed by atoms with Gasteiger partial charge in [0.15, 0.2) is 0 Å². The van der Waals surface area contributed by atoms with Gasteiger partial charge in [-0.3, -0.25) is 30.0 Å². The van der Waals surface area contributed by atoms with Gasteiger partial charge in [-0.15, -0.1) is 0 Å². The van der Waals surface area contributed by atoms with E-state index in [1.54, 1.807) is 25.1 Å². The van der Waals surface area contributed by atoms with Gasteiger partial charge >= 0.3 is 29.2 Å². The van der Waals surface area contributed by atoms with E-state index in [4.69, 9.17) is 14.2 Å². The predicted octanol–water partition coefficient (Wildman–Crippen LogP) is 3.42. The van der Waals surface area contributed by atoms with Crippen LogP contribution in [0.15, 0.2) is 47.5 Å². The molecule has 1 aliphatic heterocycles. The molecule has 2 heterocycles. The summed E-state index contributed by atoms with van der Waals surface area (Å²) in [5.41, 5.74) is -0.676. The minimum atomic E-state index is -0.888. The third-order valence-electron chi connectivity index (χ3n) is 5.57. The van der Waals surface area contributed by atoms with Gasteiger partial charge in [0.1, 0.15) is 18.1 Å². The van der Waals surface area contributed by atoms with Crippen molar-refractivity contribution in [2.45, 2.75) is 6.92 Å². The van der Waals surface area contributed by atoms with Crippen molar-refractivity contribution in [3.05, 3.63) is 73.8 Å². The lowest BCUT2D eigenvalue weighted by Gasteiger charge is -2.15. The fraction of sp³-hybridized carbons (Fsp3) is 0.240. The van der Waals surface area contributed by atoms with Crippen LogP contribution < -0.4 is 14.8 Å². The Balaban J connectivity index is 1.79. The van der Waals surface area contributed by atoms with E-state index in [-0.39, 0.29) is 17.9 Å². The molecule has 0 saturated heterocycles. The molecule has 16 nitrogen and oxygen atoms in total. The number of amidine groups is 1. The smallest absolute Gasteiger partial charge is 0.373 e. The van der Waals surface area contributed by atoms with Crippen LogP contribution in [0.4, 0.5) is 17.2 Å². The van der Waals surface area contributed by atoms with E-state index in [1.807, 2.05) is 24.1 Å². The molecular formula is C25H22N8O8. The first-order valence-corrected chi connectivity index (χ1v) is 12.1. The van der Waals surface area contributed by atoms with Gasteiger partial charge in [-0.05, 0) is 25.1 Å². The number of aliphatic imine (C=N–C) groups is 1. The Morgan fingerprint density at radius 3 is 2.61 bits per heavy atom. The molecule has 3 aromatic rings. The molecule has 0 amide bonds. The normalized spacial score (nSPS) is 12.2. The van der Waals surface area contributed by atoms with E-state index in [0.29, 0.717) is 6.54 Å². The monoisotopic (exact) mass is 562 g/mol. The average molecular weight is 562 g/mol. The number of hydrogen-bond donors (Lipinski definition) is 1. The van der Waals surface area contributed by atoms with E-state index < -0.39 is 57.2 Å². The van der Waals surface area contributed by atoms with Crippen LogP contribution in [0.5, 0.6) is 23.4 Å². The summed E-state index contributed by atoms with van der Waals surface area (Å²) in [7, 11) is 1.89. The number of likely N-dealkylation sites (N-methyl/N-ethyl adjacent to an activating group) is 1. The summed E-state index contributed by atoms with van der Waals surface area (Å²) in [6, 6.07) is 11.4. The molecule has 210 valence electrons. The number of nitriles is 1. The van der Waals surface area contributed by atoms with Gasteiger partial charge in [0, 0.05) is 31.3 Å². The predicted molar refractivity (Wildman–Crippen MR) is 142 cm³/mol. The highest BCUT2D eigenvalue weighted by molar-refractivity contribution is 5.99. The van der Waals surface area contributed by atoms with E-state index in [9.17, 15) is 30.3 Å². The fourth-order valence-corrected chi connectivity index (χ4v) is 3.76. The zero-order chi connectivity index (χ0) is 29.5. The lowest BCUT2D eigenvalue weighted by atomic mass is 10.2. The fourth-order valence-electron chi connectivity index (χ4n) is 3.76. The van der Waals surface area contributed by atoms with Crippen LogP contribution in [-0.2, 0) is 9.53 Å². The lowest BCUT2D eigenvalue weighted by Crippen LogP contribution is -2.23. The summed E-state index contributed by atoms with van der Waals surface area (Å²) in [6.07, 6.45) is 0. The molecule has 1 aromatic heterocycles. The standard InChI is InChI=1S/C25H22N8O8/c1-3-39-20(34)14-28-22-21(33(37)38)24(41-19-11-15(13-26)7-8-18(19)32(35)36)30-25(29-22)40-17-6-4-5-16(12-17)23-27-9-10-31(23)2/h4-8,11-12H,3,9-10,14H2,1-2H3,(H,28,29,30). The van der Waals surface area contributed by atoms with Crippen LogP contribution in [0.2, 0.25) is 0 Å². The number of hydrogen-bond acceptors (Lipinski definition) is 14. The van der Waals surface area contributed by atoms with Crippen LogP contribution in [0.1, 0.15) is 18.1 Å². The first kappa shape index (κ1) is 28.2. The van der Waals surface area contributed by atoms with Crippen molar-refractivity contribution in [2.75, 3.05) is 38.6 Å². The van der Waals surface area contributed by atoms with Gasteiger partial charge in [0.2, 0.25) is 11.6 Å². The summed E-state index contributed by atoms with van der Waals surface area (Å²) in [5, 5.41) is 35.4. The number of rotatable bonds is 11. The number of nitrogens with zero attached hydrogens (tertiary/aromatic N) is 7. The van der Waals surface area contributed by atoms with Crippen LogP contribution in [-0.4, -0.2) is 69.8 Å². The average Bonchev–Trinajstić information content (AvgIpc) is 3.37. The topological polar surface area (TPSA) is 208 Å². The highest BCUT2D eigenvalue weighted by atomic mass is 16.6. The van der Waals surface area contributed by atoms with Gasteiger partial charge in [-0.2, -0.15) is 15.2 Å². The van der Waals surface area contributed by atoms with Gasteiger partial charge in [-0.1, -0.05) is 12.1 Å². The number of ether oxygens (including phenoxy) is 3. The largest absolute Gasteiger partial charge is 0.465 e. The van der Waals surface area contributed by atoms with Crippen LogP contribution in [0.3, 0.4) is 0 Å². The highest BCUT2D eigenvalue weighted by Gasteiger charge is 2.30. The van der Waals surface area contributed by atoms with E-state index in [0.717, 1.165) is 30.1 Å². The number of nitro groups is 2.